The van der Waals surface area contributed by atoms with Gasteiger partial charge in [0.25, 0.3) is 0 Å². The van der Waals surface area contributed by atoms with Crippen molar-refractivity contribution >= 4 is 0 Å². The Morgan fingerprint density at radius 2 is 1.03 bits per heavy atom. The van der Waals surface area contributed by atoms with E-state index < -0.39 is 0 Å². The van der Waals surface area contributed by atoms with E-state index in [0.717, 1.165) is 35.7 Å². The minimum atomic E-state index is -0.156. The summed E-state index contributed by atoms with van der Waals surface area (Å²) < 4.78 is 12.6. The molecule has 0 amide bonds. The molecule has 0 radical (unpaired) electrons. The predicted octanol–water partition coefficient (Wildman–Crippen LogP) is 6.37. The maximum atomic E-state index is 6.28. The lowest BCUT2D eigenvalue weighted by Gasteiger charge is -2.32. The lowest BCUT2D eigenvalue weighted by molar-refractivity contribution is 0.144. The number of hydrogen-bond acceptors (Lipinski definition) is 4. The second-order valence-corrected chi connectivity index (χ2v) is 9.85. The van der Waals surface area contributed by atoms with Crippen LogP contribution in [0, 0.1) is 0 Å². The number of hydrogen-bond donors (Lipinski definition) is 2. The number of fused-ring (bicyclic) bond motifs is 2. The van der Waals surface area contributed by atoms with Crippen molar-refractivity contribution in [1.29, 1.82) is 0 Å². The van der Waals surface area contributed by atoms with Crippen molar-refractivity contribution in [1.82, 2.24) is 10.6 Å². The van der Waals surface area contributed by atoms with Crippen molar-refractivity contribution in [3.05, 3.63) is 130 Å². The first-order chi connectivity index (χ1) is 17.1. The SMILES string of the molecule is CC(C)(c1ccc2c(c1)CNC(c1ccccc1)O2)c1ccc2c(c1)CNC(c1ccccc1)O2. The maximum absolute atomic E-state index is 6.28. The Morgan fingerprint density at radius 3 is 1.46 bits per heavy atom. The molecule has 0 aromatic heterocycles. The highest BCUT2D eigenvalue weighted by Gasteiger charge is 2.29. The maximum Gasteiger partial charge on any atom is 0.176 e. The Hall–Kier alpha value is -3.60. The molecule has 6 rings (SSSR count). The number of ether oxygens (including phenoxy) is 2. The molecular weight excluding hydrogens is 432 g/mol. The summed E-state index contributed by atoms with van der Waals surface area (Å²) in [7, 11) is 0. The zero-order valence-corrected chi connectivity index (χ0v) is 20.1. The fourth-order valence-electron chi connectivity index (χ4n) is 4.98. The van der Waals surface area contributed by atoms with Crippen molar-refractivity contribution in [2.75, 3.05) is 0 Å². The van der Waals surface area contributed by atoms with Crippen LogP contribution in [0.3, 0.4) is 0 Å². The van der Waals surface area contributed by atoms with Crippen LogP contribution in [0.15, 0.2) is 97.1 Å². The summed E-state index contributed by atoms with van der Waals surface area (Å²) in [6.45, 7) is 6.12. The van der Waals surface area contributed by atoms with Crippen molar-refractivity contribution in [2.24, 2.45) is 0 Å². The average Bonchev–Trinajstić information content (AvgIpc) is 2.93. The molecule has 2 atom stereocenters. The summed E-state index contributed by atoms with van der Waals surface area (Å²) in [5.41, 5.74) is 7.05. The van der Waals surface area contributed by atoms with Crippen LogP contribution >= 0.6 is 0 Å². The molecule has 0 aliphatic carbocycles. The number of benzene rings is 4. The molecule has 4 nitrogen and oxygen atoms in total. The summed E-state index contributed by atoms with van der Waals surface area (Å²) in [6, 6.07) is 33.8. The second-order valence-electron chi connectivity index (χ2n) is 9.85. The molecule has 0 spiro atoms. The van der Waals surface area contributed by atoms with E-state index in [0.29, 0.717) is 0 Å². The van der Waals surface area contributed by atoms with E-state index >= 15 is 0 Å². The van der Waals surface area contributed by atoms with Gasteiger partial charge in [-0.25, -0.2) is 0 Å². The fraction of sp³-hybridized carbons (Fsp3) is 0.226. The minimum Gasteiger partial charge on any atom is -0.471 e. The first-order valence-corrected chi connectivity index (χ1v) is 12.2. The van der Waals surface area contributed by atoms with Gasteiger partial charge in [-0.05, 0) is 35.4 Å². The van der Waals surface area contributed by atoms with E-state index in [2.05, 4.69) is 85.1 Å². The van der Waals surface area contributed by atoms with Gasteiger partial charge in [0, 0.05) is 40.8 Å². The quantitative estimate of drug-likeness (QED) is 0.370. The summed E-state index contributed by atoms with van der Waals surface area (Å²) in [5, 5.41) is 7.04. The third-order valence-electron chi connectivity index (χ3n) is 7.21. The average molecular weight is 463 g/mol. The van der Waals surface area contributed by atoms with Gasteiger partial charge in [-0.3, -0.25) is 10.6 Å². The van der Waals surface area contributed by atoms with E-state index in [1.807, 2.05) is 36.4 Å². The lowest BCUT2D eigenvalue weighted by atomic mass is 9.77. The molecule has 0 saturated heterocycles. The Bertz CT molecular complexity index is 1230. The highest BCUT2D eigenvalue weighted by molar-refractivity contribution is 5.49. The third-order valence-corrected chi connectivity index (χ3v) is 7.21. The van der Waals surface area contributed by atoms with Gasteiger partial charge in [0.15, 0.2) is 12.5 Å². The number of nitrogens with one attached hydrogen (secondary N) is 2. The van der Waals surface area contributed by atoms with Crippen LogP contribution in [0.2, 0.25) is 0 Å². The largest absolute Gasteiger partial charge is 0.471 e. The third kappa shape index (κ3) is 4.20. The van der Waals surface area contributed by atoms with Gasteiger partial charge in [-0.1, -0.05) is 86.6 Å². The first-order valence-electron chi connectivity index (χ1n) is 12.2. The van der Waals surface area contributed by atoms with E-state index in [1.165, 1.54) is 22.3 Å². The smallest absolute Gasteiger partial charge is 0.176 e. The Labute approximate surface area is 206 Å². The molecule has 4 heteroatoms. The molecule has 4 aromatic rings. The van der Waals surface area contributed by atoms with Crippen molar-refractivity contribution in [3.63, 3.8) is 0 Å². The van der Waals surface area contributed by atoms with Crippen molar-refractivity contribution in [2.45, 2.75) is 44.8 Å². The van der Waals surface area contributed by atoms with Crippen molar-refractivity contribution < 1.29 is 9.47 Å². The van der Waals surface area contributed by atoms with E-state index in [4.69, 9.17) is 9.47 Å². The van der Waals surface area contributed by atoms with Gasteiger partial charge in [0.1, 0.15) is 11.5 Å². The number of rotatable bonds is 4. The highest BCUT2D eigenvalue weighted by atomic mass is 16.5. The lowest BCUT2D eigenvalue weighted by Crippen LogP contribution is -2.31. The molecule has 2 N–H and O–H groups in total. The standard InChI is InChI=1S/C31H30N2O2/c1-31(2,25-13-15-27-23(17-25)19-32-29(34-27)21-9-5-3-6-10-21)26-14-16-28-24(18-26)20-33-30(35-28)22-11-7-4-8-12-22/h3-18,29-30,32-33H,19-20H2,1-2H3. The molecule has 2 unspecified atom stereocenters. The van der Waals surface area contributed by atoms with E-state index in [-0.39, 0.29) is 17.9 Å². The molecular formula is C31H30N2O2. The Kier molecular flexibility index (Phi) is 5.56. The van der Waals surface area contributed by atoms with E-state index in [1.54, 1.807) is 0 Å². The summed E-state index contributed by atoms with van der Waals surface area (Å²) >= 11 is 0. The second kappa shape index (κ2) is 8.88. The topological polar surface area (TPSA) is 42.5 Å². The monoisotopic (exact) mass is 462 g/mol. The summed E-state index contributed by atoms with van der Waals surface area (Å²) in [4.78, 5) is 0. The Balaban J connectivity index is 1.23. The predicted molar refractivity (Wildman–Crippen MR) is 138 cm³/mol. The van der Waals surface area contributed by atoms with E-state index in [9.17, 15) is 0 Å². The van der Waals surface area contributed by atoms with Crippen LogP contribution in [0.1, 0.15) is 59.7 Å². The van der Waals surface area contributed by atoms with Gasteiger partial charge in [-0.15, -0.1) is 0 Å². The first kappa shape index (κ1) is 21.9. The zero-order chi connectivity index (χ0) is 23.8. The molecule has 35 heavy (non-hydrogen) atoms. The minimum absolute atomic E-state index is 0.115. The van der Waals surface area contributed by atoms with Crippen LogP contribution in [-0.2, 0) is 18.5 Å². The van der Waals surface area contributed by atoms with Crippen LogP contribution < -0.4 is 20.1 Å². The van der Waals surface area contributed by atoms with Gasteiger partial charge in [0.05, 0.1) is 0 Å². The zero-order valence-electron chi connectivity index (χ0n) is 20.1. The van der Waals surface area contributed by atoms with Gasteiger partial charge in [-0.2, -0.15) is 0 Å². The summed E-state index contributed by atoms with van der Waals surface area (Å²) in [6.07, 6.45) is -0.231. The Morgan fingerprint density at radius 1 is 0.600 bits per heavy atom. The molecule has 0 saturated carbocycles. The molecule has 2 aliphatic heterocycles. The van der Waals surface area contributed by atoms with Gasteiger partial charge in [0.2, 0.25) is 0 Å². The van der Waals surface area contributed by atoms with Gasteiger partial charge < -0.3 is 9.47 Å². The van der Waals surface area contributed by atoms with Crippen molar-refractivity contribution in [3.8, 4) is 11.5 Å². The normalized spacial score (nSPS) is 19.1. The highest BCUT2D eigenvalue weighted by Crippen LogP contribution is 2.39. The van der Waals surface area contributed by atoms with Crippen LogP contribution in [0.4, 0.5) is 0 Å². The molecule has 0 fully saturated rings. The molecule has 176 valence electrons. The fourth-order valence-corrected chi connectivity index (χ4v) is 4.98. The molecule has 0 bridgehead atoms. The molecule has 2 aliphatic rings. The molecule has 2 heterocycles. The van der Waals surface area contributed by atoms with Gasteiger partial charge >= 0.3 is 0 Å². The van der Waals surface area contributed by atoms with Crippen LogP contribution in [0.5, 0.6) is 11.5 Å². The van der Waals surface area contributed by atoms with Crippen LogP contribution in [-0.4, -0.2) is 0 Å². The van der Waals surface area contributed by atoms with Crippen LogP contribution in [0.25, 0.3) is 0 Å². The molecule has 4 aromatic carbocycles. The summed E-state index contributed by atoms with van der Waals surface area (Å²) in [5.74, 6) is 1.90.